The fourth-order valence-electron chi connectivity index (χ4n) is 6.30. The predicted octanol–water partition coefficient (Wildman–Crippen LogP) is 8.76. The molecule has 224 valence electrons. The second-order valence-electron chi connectivity index (χ2n) is 11.6. The van der Waals surface area contributed by atoms with Gasteiger partial charge in [-0.15, -0.1) is 22.7 Å². The molecule has 1 saturated heterocycles. The van der Waals surface area contributed by atoms with E-state index >= 15 is 0 Å². The number of aromatic carboxylic acids is 1. The van der Waals surface area contributed by atoms with Crippen molar-refractivity contribution in [1.82, 2.24) is 4.98 Å². The SMILES string of the molecule is CCOP(=O)(CC(CC1CCOCC1)c1cc(-c2ccc(C#Cc3cscn3)cc2)sc1C(=O)O)C1CCC(C)CC1. The number of nitrogens with zero attached hydrogens (tertiary/aromatic N) is 1. The van der Waals surface area contributed by atoms with Crippen molar-refractivity contribution in [2.75, 3.05) is 26.0 Å². The predicted molar refractivity (Wildman–Crippen MR) is 171 cm³/mol. The second kappa shape index (κ2) is 14.5. The molecule has 2 aliphatic rings. The van der Waals surface area contributed by atoms with Crippen LogP contribution >= 0.6 is 30.0 Å². The van der Waals surface area contributed by atoms with Gasteiger partial charge in [0, 0.05) is 40.9 Å². The smallest absolute Gasteiger partial charge is 0.346 e. The van der Waals surface area contributed by atoms with Crippen molar-refractivity contribution < 1.29 is 23.7 Å². The molecule has 2 fully saturated rings. The van der Waals surface area contributed by atoms with Crippen molar-refractivity contribution in [3.8, 4) is 22.3 Å². The van der Waals surface area contributed by atoms with E-state index in [2.05, 4.69) is 23.7 Å². The van der Waals surface area contributed by atoms with Gasteiger partial charge in [-0.05, 0) is 105 Å². The number of benzene rings is 1. The maximum Gasteiger partial charge on any atom is 0.346 e. The Kier molecular flexibility index (Phi) is 10.7. The summed E-state index contributed by atoms with van der Waals surface area (Å²) in [5, 5.41) is 12.2. The Balaban J connectivity index is 1.46. The monoisotopic (exact) mass is 625 g/mol. The summed E-state index contributed by atoms with van der Waals surface area (Å²) in [6, 6.07) is 9.94. The summed E-state index contributed by atoms with van der Waals surface area (Å²) in [6.45, 7) is 6.04. The first kappa shape index (κ1) is 31.2. The molecule has 2 aromatic heterocycles. The summed E-state index contributed by atoms with van der Waals surface area (Å²) < 4.78 is 26.4. The second-order valence-corrected chi connectivity index (χ2v) is 16.2. The molecule has 2 atom stereocenters. The Morgan fingerprint density at radius 3 is 2.52 bits per heavy atom. The van der Waals surface area contributed by atoms with Crippen LogP contribution < -0.4 is 0 Å². The van der Waals surface area contributed by atoms with Gasteiger partial charge in [-0.1, -0.05) is 25.0 Å². The van der Waals surface area contributed by atoms with Gasteiger partial charge in [0.25, 0.3) is 0 Å². The molecule has 42 heavy (non-hydrogen) atoms. The van der Waals surface area contributed by atoms with Gasteiger partial charge >= 0.3 is 5.97 Å². The third-order valence-corrected chi connectivity index (χ3v) is 13.7. The number of thiazole rings is 1. The van der Waals surface area contributed by atoms with Crippen LogP contribution in [0.2, 0.25) is 0 Å². The first-order valence-corrected chi connectivity index (χ1v) is 18.7. The molecule has 3 aromatic rings. The van der Waals surface area contributed by atoms with Crippen LogP contribution in [0.4, 0.5) is 0 Å². The summed E-state index contributed by atoms with van der Waals surface area (Å²) in [6.07, 6.45) is 7.06. The number of hydrogen-bond acceptors (Lipinski definition) is 7. The van der Waals surface area contributed by atoms with Gasteiger partial charge in [-0.3, -0.25) is 4.57 Å². The minimum absolute atomic E-state index is 0.0511. The lowest BCUT2D eigenvalue weighted by Gasteiger charge is -2.35. The van der Waals surface area contributed by atoms with Crippen molar-refractivity contribution in [3.63, 3.8) is 0 Å². The number of ether oxygens (including phenoxy) is 1. The molecule has 0 bridgehead atoms. The Hall–Kier alpha value is -2.27. The number of carbonyl (C=O) groups is 1. The molecule has 5 rings (SSSR count). The molecule has 2 unspecified atom stereocenters. The van der Waals surface area contributed by atoms with Gasteiger partial charge < -0.3 is 14.4 Å². The number of aromatic nitrogens is 1. The summed E-state index contributed by atoms with van der Waals surface area (Å²) in [7, 11) is -3.00. The normalized spacial score (nSPS) is 21.7. The summed E-state index contributed by atoms with van der Waals surface area (Å²) >= 11 is 2.82. The quantitative estimate of drug-likeness (QED) is 0.179. The van der Waals surface area contributed by atoms with Crippen molar-refractivity contribution >= 4 is 36.0 Å². The van der Waals surface area contributed by atoms with Crippen LogP contribution in [0.3, 0.4) is 0 Å². The van der Waals surface area contributed by atoms with Gasteiger partial charge in [0.2, 0.25) is 7.37 Å². The maximum absolute atomic E-state index is 14.6. The van der Waals surface area contributed by atoms with E-state index in [4.69, 9.17) is 9.26 Å². The third kappa shape index (κ3) is 7.81. The number of hydrogen-bond donors (Lipinski definition) is 1. The van der Waals surface area contributed by atoms with E-state index in [1.54, 1.807) is 5.51 Å². The summed E-state index contributed by atoms with van der Waals surface area (Å²) in [4.78, 5) is 18.1. The van der Waals surface area contributed by atoms with E-state index in [1.165, 1.54) is 22.7 Å². The summed E-state index contributed by atoms with van der Waals surface area (Å²) in [5.74, 6) is 6.19. The van der Waals surface area contributed by atoms with E-state index in [1.807, 2.05) is 42.6 Å². The highest BCUT2D eigenvalue weighted by Gasteiger charge is 2.40. The molecule has 0 spiro atoms. The minimum Gasteiger partial charge on any atom is -0.477 e. The van der Waals surface area contributed by atoms with Crippen molar-refractivity contribution in [1.29, 1.82) is 0 Å². The van der Waals surface area contributed by atoms with Crippen molar-refractivity contribution in [2.45, 2.75) is 70.4 Å². The highest BCUT2D eigenvalue weighted by atomic mass is 32.1. The van der Waals surface area contributed by atoms with Crippen LogP contribution in [0.15, 0.2) is 41.2 Å². The molecule has 1 aliphatic heterocycles. The Labute approximate surface area is 257 Å². The third-order valence-electron chi connectivity index (χ3n) is 8.65. The molecule has 0 amide bonds. The fraction of sp³-hybridized carbons (Fsp3) is 0.515. The van der Waals surface area contributed by atoms with E-state index < -0.39 is 13.3 Å². The van der Waals surface area contributed by atoms with Crippen molar-refractivity contribution in [2.24, 2.45) is 11.8 Å². The average molecular weight is 626 g/mol. The lowest BCUT2D eigenvalue weighted by Crippen LogP contribution is -2.24. The van der Waals surface area contributed by atoms with Crippen molar-refractivity contribution in [3.05, 3.63) is 62.9 Å². The molecular formula is C33H40NO5PS2. The summed E-state index contributed by atoms with van der Waals surface area (Å²) in [5.41, 5.74) is 5.19. The van der Waals surface area contributed by atoms with Gasteiger partial charge in [-0.25, -0.2) is 9.78 Å². The van der Waals surface area contributed by atoms with Crippen LogP contribution in [0.5, 0.6) is 0 Å². The number of carboxylic acid groups (broad SMARTS) is 1. The molecule has 6 nitrogen and oxygen atoms in total. The first-order valence-electron chi connectivity index (χ1n) is 15.0. The lowest BCUT2D eigenvalue weighted by atomic mass is 9.86. The molecule has 1 aliphatic carbocycles. The van der Waals surface area contributed by atoms with Crippen LogP contribution in [0.25, 0.3) is 10.4 Å². The van der Waals surface area contributed by atoms with Gasteiger partial charge in [0.15, 0.2) is 0 Å². The van der Waals surface area contributed by atoms with E-state index in [-0.39, 0.29) is 11.6 Å². The average Bonchev–Trinajstić information content (AvgIpc) is 3.68. The molecule has 1 N–H and O–H groups in total. The Morgan fingerprint density at radius 1 is 1.14 bits per heavy atom. The van der Waals surface area contributed by atoms with E-state index in [9.17, 15) is 14.5 Å². The zero-order valence-electron chi connectivity index (χ0n) is 24.4. The van der Waals surface area contributed by atoms with Gasteiger partial charge in [0.1, 0.15) is 10.6 Å². The molecule has 1 saturated carbocycles. The topological polar surface area (TPSA) is 85.7 Å². The number of rotatable bonds is 10. The zero-order valence-corrected chi connectivity index (χ0v) is 26.9. The minimum atomic E-state index is -3.00. The number of carboxylic acids is 1. The maximum atomic E-state index is 14.6. The molecule has 3 heterocycles. The Morgan fingerprint density at radius 2 is 1.88 bits per heavy atom. The van der Waals surface area contributed by atoms with Crippen LogP contribution in [0.1, 0.15) is 91.2 Å². The highest BCUT2D eigenvalue weighted by Crippen LogP contribution is 2.60. The standard InChI is InChI=1S/C33H40NO5PS2/c1-3-39-40(37,29-12-4-23(2)5-13-29)20-27(18-25-14-16-38-17-15-25)30-19-31(42-32(30)33(35)36)26-9-6-24(7-10-26)8-11-28-21-41-22-34-28/h6-7,9-10,19,21-23,25,27,29H,3-5,12-18,20H2,1-2H3,(H,35,36). The number of thiophene rings is 1. The van der Waals surface area contributed by atoms with Gasteiger partial charge in [0.05, 0.1) is 12.1 Å². The first-order chi connectivity index (χ1) is 20.3. The zero-order chi connectivity index (χ0) is 29.5. The van der Waals surface area contributed by atoms with Crippen LogP contribution in [-0.4, -0.2) is 47.7 Å². The van der Waals surface area contributed by atoms with Crippen LogP contribution in [0, 0.1) is 23.7 Å². The fourth-order valence-corrected chi connectivity index (χ4v) is 11.0. The lowest BCUT2D eigenvalue weighted by molar-refractivity contribution is 0.0618. The van der Waals surface area contributed by atoms with E-state index in [0.717, 1.165) is 85.4 Å². The highest BCUT2D eigenvalue weighted by molar-refractivity contribution is 7.59. The molecule has 0 radical (unpaired) electrons. The van der Waals surface area contributed by atoms with Gasteiger partial charge in [-0.2, -0.15) is 0 Å². The molecular weight excluding hydrogens is 585 g/mol. The molecule has 1 aromatic carbocycles. The van der Waals surface area contributed by atoms with E-state index in [0.29, 0.717) is 29.5 Å². The largest absolute Gasteiger partial charge is 0.477 e. The molecule has 9 heteroatoms. The van der Waals surface area contributed by atoms with Crippen LogP contribution in [-0.2, 0) is 13.8 Å². The Bertz CT molecular complexity index is 1430.